The van der Waals surface area contributed by atoms with E-state index in [1.54, 1.807) is 0 Å². The third-order valence-electron chi connectivity index (χ3n) is 5.68. The summed E-state index contributed by atoms with van der Waals surface area (Å²) in [7, 11) is 0. The number of nitrogens with zero attached hydrogens (tertiary/aromatic N) is 3. The van der Waals surface area contributed by atoms with Gasteiger partial charge in [-0.05, 0) is 50.6 Å². The van der Waals surface area contributed by atoms with Crippen molar-refractivity contribution in [1.29, 1.82) is 0 Å². The first-order chi connectivity index (χ1) is 14.0. The molecule has 0 saturated carbocycles. The van der Waals surface area contributed by atoms with Crippen LogP contribution >= 0.6 is 0 Å². The van der Waals surface area contributed by atoms with Gasteiger partial charge in [0, 0.05) is 56.6 Å². The van der Waals surface area contributed by atoms with E-state index in [2.05, 4.69) is 30.6 Å². The van der Waals surface area contributed by atoms with Crippen LogP contribution < -0.4 is 4.90 Å². The average molecular weight is 396 g/mol. The van der Waals surface area contributed by atoms with Crippen LogP contribution in [0.3, 0.4) is 0 Å². The van der Waals surface area contributed by atoms with Crippen molar-refractivity contribution in [3.05, 3.63) is 65.7 Å². The molecule has 2 aromatic rings. The lowest BCUT2D eigenvalue weighted by Crippen LogP contribution is -2.49. The summed E-state index contributed by atoms with van der Waals surface area (Å²) < 4.78 is 0. The van der Waals surface area contributed by atoms with E-state index in [1.165, 1.54) is 0 Å². The molecule has 0 bridgehead atoms. The zero-order valence-electron chi connectivity index (χ0n) is 17.8. The van der Waals surface area contributed by atoms with E-state index in [4.69, 9.17) is 0 Å². The van der Waals surface area contributed by atoms with Gasteiger partial charge < -0.3 is 14.9 Å². The monoisotopic (exact) mass is 395 g/mol. The molecule has 1 fully saturated rings. The molecule has 1 amide bonds. The number of hydrogen-bond donors (Lipinski definition) is 1. The Morgan fingerprint density at radius 3 is 2.17 bits per heavy atom. The first kappa shape index (κ1) is 21.3. The first-order valence-corrected chi connectivity index (χ1v) is 10.6. The molecule has 2 aromatic carbocycles. The van der Waals surface area contributed by atoms with Crippen molar-refractivity contribution < 1.29 is 9.90 Å². The van der Waals surface area contributed by atoms with Crippen LogP contribution in [0.15, 0.2) is 54.6 Å². The summed E-state index contributed by atoms with van der Waals surface area (Å²) in [4.78, 5) is 19.3. The Bertz CT molecular complexity index is 768. The van der Waals surface area contributed by atoms with Crippen molar-refractivity contribution in [1.82, 2.24) is 9.80 Å². The molecule has 0 spiro atoms. The van der Waals surface area contributed by atoms with Crippen molar-refractivity contribution in [2.24, 2.45) is 0 Å². The highest BCUT2D eigenvalue weighted by molar-refractivity contribution is 5.94. The normalized spacial score (nSPS) is 16.1. The van der Waals surface area contributed by atoms with Crippen LogP contribution in [0.2, 0.25) is 0 Å². The molecule has 0 aromatic heterocycles. The van der Waals surface area contributed by atoms with E-state index in [9.17, 15) is 9.90 Å². The lowest BCUT2D eigenvalue weighted by atomic mass is 10.1. The number of aliphatic hydroxyl groups excluding tert-OH is 1. The molecule has 1 aliphatic rings. The van der Waals surface area contributed by atoms with Crippen LogP contribution in [0.1, 0.15) is 42.8 Å². The Balaban J connectivity index is 1.53. The summed E-state index contributed by atoms with van der Waals surface area (Å²) in [6.07, 6.45) is -0.492. The smallest absolute Gasteiger partial charge is 0.253 e. The van der Waals surface area contributed by atoms with Gasteiger partial charge in [0.05, 0.1) is 6.10 Å². The number of rotatable bonds is 7. The predicted molar refractivity (Wildman–Crippen MR) is 118 cm³/mol. The summed E-state index contributed by atoms with van der Waals surface area (Å²) in [6.45, 7) is 11.0. The van der Waals surface area contributed by atoms with Crippen LogP contribution in [0.5, 0.6) is 0 Å². The number of anilines is 1. The maximum Gasteiger partial charge on any atom is 0.253 e. The van der Waals surface area contributed by atoms with E-state index in [-0.39, 0.29) is 5.91 Å². The fourth-order valence-corrected chi connectivity index (χ4v) is 3.98. The number of carbonyl (C=O) groups is 1. The minimum Gasteiger partial charge on any atom is -0.387 e. The molecule has 1 atom stereocenters. The van der Waals surface area contributed by atoms with Gasteiger partial charge in [0.15, 0.2) is 0 Å². The standard InChI is InChI=1S/C24H33N3O2/c1-4-27(19(2)3)22-12-10-21(11-13-22)24(29)26-16-14-25(15-17-26)18-23(28)20-8-6-5-7-9-20/h5-13,19,23,28H,4,14-18H2,1-3H3. The van der Waals surface area contributed by atoms with Gasteiger partial charge in [-0.3, -0.25) is 9.69 Å². The van der Waals surface area contributed by atoms with Crippen molar-refractivity contribution in [2.45, 2.75) is 32.9 Å². The van der Waals surface area contributed by atoms with Gasteiger partial charge in [-0.1, -0.05) is 30.3 Å². The maximum absolute atomic E-state index is 12.9. The molecule has 29 heavy (non-hydrogen) atoms. The van der Waals surface area contributed by atoms with E-state index in [0.29, 0.717) is 25.7 Å². The van der Waals surface area contributed by atoms with Crippen LogP contribution in [-0.4, -0.2) is 66.1 Å². The fraction of sp³-hybridized carbons (Fsp3) is 0.458. The predicted octanol–water partition coefficient (Wildman–Crippen LogP) is 3.41. The summed E-state index contributed by atoms with van der Waals surface area (Å²) in [5, 5.41) is 10.4. The molecule has 5 nitrogen and oxygen atoms in total. The van der Waals surface area contributed by atoms with Crippen molar-refractivity contribution in [3.8, 4) is 0 Å². The molecule has 1 heterocycles. The summed E-state index contributed by atoms with van der Waals surface area (Å²) in [6, 6.07) is 18.1. The second-order valence-corrected chi connectivity index (χ2v) is 7.95. The molecule has 1 N–H and O–H groups in total. The first-order valence-electron chi connectivity index (χ1n) is 10.6. The molecular formula is C24H33N3O2. The van der Waals surface area contributed by atoms with Crippen LogP contribution in [0.4, 0.5) is 5.69 Å². The minimum absolute atomic E-state index is 0.0902. The number of piperazine rings is 1. The lowest BCUT2D eigenvalue weighted by molar-refractivity contribution is 0.0527. The van der Waals surface area contributed by atoms with E-state index < -0.39 is 6.10 Å². The number of benzene rings is 2. The Morgan fingerprint density at radius 1 is 1.00 bits per heavy atom. The highest BCUT2D eigenvalue weighted by Gasteiger charge is 2.24. The summed E-state index contributed by atoms with van der Waals surface area (Å²) >= 11 is 0. The third-order valence-corrected chi connectivity index (χ3v) is 5.68. The zero-order chi connectivity index (χ0) is 20.8. The van der Waals surface area contributed by atoms with Crippen molar-refractivity contribution >= 4 is 11.6 Å². The topological polar surface area (TPSA) is 47.0 Å². The SMILES string of the molecule is CCN(c1ccc(C(=O)N2CCN(CC(O)c3ccccc3)CC2)cc1)C(C)C. The largest absolute Gasteiger partial charge is 0.387 e. The molecule has 1 unspecified atom stereocenters. The molecule has 1 aliphatic heterocycles. The molecule has 0 aliphatic carbocycles. The van der Waals surface area contributed by atoms with Gasteiger partial charge >= 0.3 is 0 Å². The zero-order valence-corrected chi connectivity index (χ0v) is 17.8. The van der Waals surface area contributed by atoms with Crippen molar-refractivity contribution in [2.75, 3.05) is 44.2 Å². The van der Waals surface area contributed by atoms with E-state index in [1.807, 2.05) is 59.5 Å². The molecule has 5 heteroatoms. The summed E-state index contributed by atoms with van der Waals surface area (Å²) in [5.41, 5.74) is 2.83. The van der Waals surface area contributed by atoms with Crippen molar-refractivity contribution in [3.63, 3.8) is 0 Å². The molecule has 1 saturated heterocycles. The van der Waals surface area contributed by atoms with Gasteiger partial charge in [0.2, 0.25) is 0 Å². The number of aliphatic hydroxyl groups is 1. The van der Waals surface area contributed by atoms with Crippen LogP contribution in [0, 0.1) is 0 Å². The van der Waals surface area contributed by atoms with E-state index in [0.717, 1.165) is 36.4 Å². The number of amides is 1. The molecular weight excluding hydrogens is 362 g/mol. The second-order valence-electron chi connectivity index (χ2n) is 7.95. The van der Waals surface area contributed by atoms with Crippen LogP contribution in [0.25, 0.3) is 0 Å². The Kier molecular flexibility index (Phi) is 7.29. The lowest BCUT2D eigenvalue weighted by Gasteiger charge is -2.35. The van der Waals surface area contributed by atoms with Crippen LogP contribution in [-0.2, 0) is 0 Å². The Morgan fingerprint density at radius 2 is 1.62 bits per heavy atom. The average Bonchev–Trinajstić information content (AvgIpc) is 2.75. The second kappa shape index (κ2) is 9.90. The highest BCUT2D eigenvalue weighted by atomic mass is 16.3. The molecule has 3 rings (SSSR count). The fourth-order valence-electron chi connectivity index (χ4n) is 3.98. The molecule has 0 radical (unpaired) electrons. The van der Waals surface area contributed by atoms with Gasteiger partial charge in [0.1, 0.15) is 0 Å². The Labute approximate surface area is 174 Å². The maximum atomic E-state index is 12.9. The summed E-state index contributed by atoms with van der Waals surface area (Å²) in [5.74, 6) is 0.0902. The third kappa shape index (κ3) is 5.37. The highest BCUT2D eigenvalue weighted by Crippen LogP contribution is 2.20. The minimum atomic E-state index is -0.492. The van der Waals surface area contributed by atoms with Gasteiger partial charge in [-0.2, -0.15) is 0 Å². The number of hydrogen-bond acceptors (Lipinski definition) is 4. The van der Waals surface area contributed by atoms with Gasteiger partial charge in [-0.15, -0.1) is 0 Å². The quantitative estimate of drug-likeness (QED) is 0.780. The Hall–Kier alpha value is -2.37. The van der Waals surface area contributed by atoms with Gasteiger partial charge in [-0.25, -0.2) is 0 Å². The van der Waals surface area contributed by atoms with Gasteiger partial charge in [0.25, 0.3) is 5.91 Å². The number of carbonyl (C=O) groups excluding carboxylic acids is 1. The van der Waals surface area contributed by atoms with E-state index >= 15 is 0 Å². The number of β-amino-alcohol motifs (C(OH)–C–C–N with tert-alkyl or cyclic N) is 1. The molecule has 156 valence electrons.